The van der Waals surface area contributed by atoms with Crippen molar-refractivity contribution in [3.63, 3.8) is 0 Å². The molecule has 1 heteroatoms. The molecule has 0 radical (unpaired) electrons. The second-order valence-electron chi connectivity index (χ2n) is 0.866. The number of rotatable bonds is 0. The van der Waals surface area contributed by atoms with E-state index in [0.717, 1.165) is 0 Å². The van der Waals surface area contributed by atoms with E-state index in [1.165, 1.54) is 18.2 Å². The molecule has 0 unspecified atom stereocenters. The van der Waals surface area contributed by atoms with Crippen LogP contribution in [0, 0.1) is 20.8 Å². The first-order valence-corrected chi connectivity index (χ1v) is 2.45. The summed E-state index contributed by atoms with van der Waals surface area (Å²) in [5.74, 6) is 0. The summed E-state index contributed by atoms with van der Waals surface area (Å²) in [6, 6.07) is 0. The summed E-state index contributed by atoms with van der Waals surface area (Å²) >= 11 is 0. The Kier molecular flexibility index (Phi) is 147. The third kappa shape index (κ3) is 87300. The molecule has 0 aromatic carbocycles. The smallest absolute Gasteiger partial charge is 0.245 e. The molecule has 0 bridgehead atoms. The van der Waals surface area contributed by atoms with Crippen LogP contribution < -0.4 is 0 Å². The summed E-state index contributed by atoms with van der Waals surface area (Å²) in [5.41, 5.74) is 0. The van der Waals surface area contributed by atoms with Crippen LogP contribution in [0.1, 0.15) is 0 Å². The molecule has 0 heterocycles. The molecule has 0 N–H and O–H groups in total. The molecule has 0 saturated heterocycles. The summed E-state index contributed by atoms with van der Waals surface area (Å²) in [5, 5.41) is 0. The molecule has 0 aliphatic rings. The van der Waals surface area contributed by atoms with Crippen molar-refractivity contribution in [1.29, 1.82) is 0 Å². The van der Waals surface area contributed by atoms with Crippen molar-refractivity contribution < 1.29 is 32.7 Å². The summed E-state index contributed by atoms with van der Waals surface area (Å²) < 4.78 is 0. The van der Waals surface area contributed by atoms with E-state index in [9.17, 15) is 0 Å². The van der Waals surface area contributed by atoms with E-state index < -0.39 is 0 Å². The van der Waals surface area contributed by atoms with Crippen molar-refractivity contribution >= 4 is 0 Å². The number of allylic oxidation sites excluding steroid dienone is 3. The van der Waals surface area contributed by atoms with Gasteiger partial charge < -0.3 is 0 Å². The largest absolute Gasteiger partial charge is 3.00 e. The molecule has 0 nitrogen and oxygen atoms in total. The van der Waals surface area contributed by atoms with E-state index >= 15 is 0 Å². The molecule has 0 spiro atoms. The van der Waals surface area contributed by atoms with Crippen LogP contribution in [0.4, 0.5) is 0 Å². The van der Waals surface area contributed by atoms with E-state index in [4.69, 9.17) is 0 Å². The van der Waals surface area contributed by atoms with Gasteiger partial charge in [-0.15, -0.1) is 0 Å². The fourth-order valence-electron chi connectivity index (χ4n) is 0. The van der Waals surface area contributed by atoms with Gasteiger partial charge in [0.15, 0.2) is 0 Å². The molecule has 10 heavy (non-hydrogen) atoms. The third-order valence-electron chi connectivity index (χ3n) is 0. The van der Waals surface area contributed by atoms with Gasteiger partial charge in [0.25, 0.3) is 0 Å². The third-order valence-corrected chi connectivity index (χ3v) is 0. The van der Waals surface area contributed by atoms with Crippen molar-refractivity contribution in [2.24, 2.45) is 0 Å². The van der Waals surface area contributed by atoms with Crippen LogP contribution in [-0.4, -0.2) is 0 Å². The predicted molar refractivity (Wildman–Crippen MR) is 46.7 cm³/mol. The zero-order chi connectivity index (χ0) is 8.12. The van der Waals surface area contributed by atoms with Crippen LogP contribution in [0.25, 0.3) is 0 Å². The molecular weight excluding hydrogens is 197 g/mol. The molecule has 0 saturated carbocycles. The Hall–Kier alpha value is -0.0661. The van der Waals surface area contributed by atoms with Crippen LogP contribution in [-0.2, 0) is 32.7 Å². The molecule has 0 aliphatic heterocycles. The molecule has 54 valence electrons. The summed E-state index contributed by atoms with van der Waals surface area (Å²) in [6.07, 6.45) is 4.50. The Balaban J connectivity index is -0.0000000257. The van der Waals surface area contributed by atoms with Gasteiger partial charge in [0, 0.05) is 0 Å². The van der Waals surface area contributed by atoms with Gasteiger partial charge in [-0.2, -0.15) is 0 Å². The normalized spacial score (nSPS) is 3.60. The van der Waals surface area contributed by atoms with Gasteiger partial charge in [-0.1, -0.05) is 0 Å². The standard InChI is InChI=1S/3C3H5.Y/c3*1-3-2;/h3*3H,1-2H2;/q3*-1;+3. The van der Waals surface area contributed by atoms with Crippen molar-refractivity contribution in [2.75, 3.05) is 0 Å². The van der Waals surface area contributed by atoms with Crippen LogP contribution in [0.2, 0.25) is 0 Å². The minimum atomic E-state index is 0. The zero-order valence-corrected chi connectivity index (χ0v) is 9.39. The maximum absolute atomic E-state index is 3.25. The first-order valence-electron chi connectivity index (χ1n) is 2.45. The van der Waals surface area contributed by atoms with Gasteiger partial charge in [-0.3, -0.25) is 0 Å². The molecular formula is C9H15Y. The average Bonchev–Trinajstić information content (AvgIpc) is 1.70. The Morgan fingerprint density at radius 2 is 0.700 bits per heavy atom. The maximum atomic E-state index is 3.25. The van der Waals surface area contributed by atoms with Crippen molar-refractivity contribution in [3.8, 4) is 0 Å². The van der Waals surface area contributed by atoms with E-state index in [-0.39, 0.29) is 32.7 Å². The first kappa shape index (κ1) is 22.5. The molecule has 0 aromatic rings. The van der Waals surface area contributed by atoms with Crippen molar-refractivity contribution in [1.82, 2.24) is 0 Å². The molecule has 0 aromatic heterocycles. The number of hydrogen-bond donors (Lipinski definition) is 0. The van der Waals surface area contributed by atoms with Gasteiger partial charge >= 0.3 is 32.7 Å². The van der Waals surface area contributed by atoms with E-state index in [1.807, 2.05) is 0 Å². The van der Waals surface area contributed by atoms with Gasteiger partial charge in [0.2, 0.25) is 0 Å². The summed E-state index contributed by atoms with van der Waals surface area (Å²) in [6.45, 7) is 19.5. The van der Waals surface area contributed by atoms with Crippen molar-refractivity contribution in [2.45, 2.75) is 0 Å². The summed E-state index contributed by atoms with van der Waals surface area (Å²) in [7, 11) is 0. The van der Waals surface area contributed by atoms with E-state index in [0.29, 0.717) is 0 Å². The molecule has 0 atom stereocenters. The fourth-order valence-corrected chi connectivity index (χ4v) is 0. The predicted octanol–water partition coefficient (Wildman–Crippen LogP) is 3.02. The molecule has 0 fully saturated rings. The second kappa shape index (κ2) is 65.3. The number of hydrogen-bond acceptors (Lipinski definition) is 0. The fraction of sp³-hybridized carbons (Fsp3) is 0. The minimum Gasteiger partial charge on any atom is -0.245 e. The topological polar surface area (TPSA) is 0 Å². The minimum absolute atomic E-state index is 0. The van der Waals surface area contributed by atoms with Crippen LogP contribution in [0.5, 0.6) is 0 Å². The second-order valence-corrected chi connectivity index (χ2v) is 0.866. The Morgan fingerprint density at radius 1 is 0.700 bits per heavy atom. The maximum Gasteiger partial charge on any atom is 3.00 e. The Bertz CT molecular complexity index is 41.5. The molecule has 0 rings (SSSR count). The van der Waals surface area contributed by atoms with Crippen LogP contribution >= 0.6 is 0 Å². The van der Waals surface area contributed by atoms with Gasteiger partial charge in [0.05, 0.1) is 0 Å². The first-order chi connectivity index (χ1) is 4.24. The Labute approximate surface area is 91.0 Å². The SMILES string of the molecule is C=C[CH2-].C=C[CH2-].C=C[CH2-].[Y+3]. The monoisotopic (exact) mass is 212 g/mol. The quantitative estimate of drug-likeness (QED) is 0.541. The zero-order valence-electron chi connectivity index (χ0n) is 6.55. The van der Waals surface area contributed by atoms with Gasteiger partial charge in [-0.25, -0.2) is 58.7 Å². The molecule has 0 aliphatic carbocycles. The summed E-state index contributed by atoms with van der Waals surface area (Å²) in [4.78, 5) is 0. The van der Waals surface area contributed by atoms with E-state index in [1.54, 1.807) is 0 Å². The van der Waals surface area contributed by atoms with Crippen LogP contribution in [0.3, 0.4) is 0 Å². The van der Waals surface area contributed by atoms with Gasteiger partial charge in [0.1, 0.15) is 0 Å². The van der Waals surface area contributed by atoms with Gasteiger partial charge in [-0.05, 0) is 0 Å². The average molecular weight is 212 g/mol. The molecule has 0 amide bonds. The Morgan fingerprint density at radius 3 is 0.700 bits per heavy atom. The van der Waals surface area contributed by atoms with E-state index in [2.05, 4.69) is 40.5 Å². The van der Waals surface area contributed by atoms with Crippen molar-refractivity contribution in [3.05, 3.63) is 58.7 Å². The van der Waals surface area contributed by atoms with Crippen LogP contribution in [0.15, 0.2) is 38.0 Å².